The molecule has 20 heavy (non-hydrogen) atoms. The zero-order valence-corrected chi connectivity index (χ0v) is 12.2. The van der Waals surface area contributed by atoms with Crippen LogP contribution in [0.15, 0.2) is 0 Å². The first-order valence-electron chi connectivity index (χ1n) is 6.72. The minimum Gasteiger partial charge on any atom is -0.480 e. The second kappa shape index (κ2) is 6.24. The number of carbonyl (C=O) groups is 3. The van der Waals surface area contributed by atoms with Gasteiger partial charge >= 0.3 is 17.9 Å². The predicted octanol–water partition coefficient (Wildman–Crippen LogP) is 1.76. The van der Waals surface area contributed by atoms with Gasteiger partial charge in [-0.15, -0.1) is 0 Å². The maximum atomic E-state index is 12.1. The Balaban J connectivity index is 3.27. The van der Waals surface area contributed by atoms with Crippen LogP contribution >= 0.6 is 0 Å². The second-order valence-electron chi connectivity index (χ2n) is 5.52. The van der Waals surface area contributed by atoms with E-state index in [4.69, 9.17) is 4.74 Å². The summed E-state index contributed by atoms with van der Waals surface area (Å²) in [6.07, 6.45) is 3.47. The number of rotatable bonds is 5. The van der Waals surface area contributed by atoms with Gasteiger partial charge in [0.1, 0.15) is 0 Å². The van der Waals surface area contributed by atoms with Crippen molar-refractivity contribution in [2.45, 2.75) is 45.4 Å². The third-order valence-electron chi connectivity index (χ3n) is 4.60. The highest BCUT2D eigenvalue weighted by molar-refractivity contribution is 6.00. The molecule has 1 fully saturated rings. The summed E-state index contributed by atoms with van der Waals surface area (Å²) in [5, 5.41) is 9.58. The highest BCUT2D eigenvalue weighted by atomic mass is 16.5. The summed E-state index contributed by atoms with van der Waals surface area (Å²) < 4.78 is 9.38. The quantitative estimate of drug-likeness (QED) is 0.612. The second-order valence-corrected chi connectivity index (χ2v) is 5.52. The molecule has 1 aliphatic carbocycles. The van der Waals surface area contributed by atoms with Crippen LogP contribution in [0.3, 0.4) is 0 Å². The molecule has 0 aromatic carbocycles. The number of aliphatic carboxylic acids is 1. The Bertz CT molecular complexity index is 396. The minimum absolute atomic E-state index is 0.0819. The van der Waals surface area contributed by atoms with E-state index in [1.165, 1.54) is 14.0 Å². The van der Waals surface area contributed by atoms with Gasteiger partial charge in [0.25, 0.3) is 0 Å². The highest BCUT2D eigenvalue weighted by Gasteiger charge is 2.60. The van der Waals surface area contributed by atoms with Gasteiger partial charge < -0.3 is 14.6 Å². The first-order valence-corrected chi connectivity index (χ1v) is 6.72. The summed E-state index contributed by atoms with van der Waals surface area (Å²) in [6, 6.07) is 0. The summed E-state index contributed by atoms with van der Waals surface area (Å²) >= 11 is 0. The average Bonchev–Trinajstić information content (AvgIpc) is 2.45. The average molecular weight is 286 g/mol. The third-order valence-corrected chi connectivity index (χ3v) is 4.60. The van der Waals surface area contributed by atoms with Gasteiger partial charge in [0, 0.05) is 5.41 Å². The van der Waals surface area contributed by atoms with Crippen LogP contribution in [0.5, 0.6) is 0 Å². The topological polar surface area (TPSA) is 89.9 Å². The first kappa shape index (κ1) is 16.5. The molecule has 114 valence electrons. The van der Waals surface area contributed by atoms with Gasteiger partial charge in [0.15, 0.2) is 5.41 Å². The monoisotopic (exact) mass is 286 g/mol. The first-order chi connectivity index (χ1) is 9.34. The standard InChI is InChI=1S/C14H22O6/c1-13(11(16)17,12(18)20-3)14(9-10(15)19-2)7-5-4-6-8-14/h4-9H2,1-3H3,(H,16,17). The Morgan fingerprint density at radius 1 is 1.10 bits per heavy atom. The van der Waals surface area contributed by atoms with E-state index in [2.05, 4.69) is 4.74 Å². The van der Waals surface area contributed by atoms with E-state index in [1.807, 2.05) is 0 Å². The Morgan fingerprint density at radius 3 is 2.05 bits per heavy atom. The largest absolute Gasteiger partial charge is 0.480 e. The maximum Gasteiger partial charge on any atom is 0.323 e. The smallest absolute Gasteiger partial charge is 0.323 e. The van der Waals surface area contributed by atoms with Gasteiger partial charge in [-0.25, -0.2) is 0 Å². The Hall–Kier alpha value is -1.59. The SMILES string of the molecule is COC(=O)CC1(C(C)(C(=O)O)C(=O)OC)CCCCC1. The van der Waals surface area contributed by atoms with E-state index in [1.54, 1.807) is 0 Å². The van der Waals surface area contributed by atoms with Gasteiger partial charge in [-0.1, -0.05) is 19.3 Å². The number of ether oxygens (including phenoxy) is 2. The number of carbonyl (C=O) groups excluding carboxylic acids is 2. The third kappa shape index (κ3) is 2.64. The lowest BCUT2D eigenvalue weighted by molar-refractivity contribution is -0.181. The van der Waals surface area contributed by atoms with Gasteiger partial charge in [0.2, 0.25) is 0 Å². The van der Waals surface area contributed by atoms with Crippen LogP contribution in [0, 0.1) is 10.8 Å². The molecule has 1 aliphatic rings. The summed E-state index contributed by atoms with van der Waals surface area (Å²) in [7, 11) is 2.42. The maximum absolute atomic E-state index is 12.1. The molecule has 1 saturated carbocycles. The van der Waals surface area contributed by atoms with E-state index in [0.29, 0.717) is 12.8 Å². The van der Waals surface area contributed by atoms with Crippen LogP contribution in [0.4, 0.5) is 0 Å². The number of esters is 2. The van der Waals surface area contributed by atoms with Crippen LogP contribution in [-0.2, 0) is 23.9 Å². The predicted molar refractivity (Wildman–Crippen MR) is 69.9 cm³/mol. The van der Waals surface area contributed by atoms with Gasteiger partial charge in [-0.05, 0) is 19.8 Å². The number of hydrogen-bond acceptors (Lipinski definition) is 5. The fourth-order valence-corrected chi connectivity index (χ4v) is 3.17. The molecule has 0 aliphatic heterocycles. The van der Waals surface area contributed by atoms with Crippen molar-refractivity contribution >= 4 is 17.9 Å². The van der Waals surface area contributed by atoms with Gasteiger partial charge in [-0.3, -0.25) is 14.4 Å². The van der Waals surface area contributed by atoms with Crippen LogP contribution in [-0.4, -0.2) is 37.2 Å². The van der Waals surface area contributed by atoms with E-state index < -0.39 is 28.7 Å². The molecule has 1 N–H and O–H groups in total. The Kier molecular flexibility index (Phi) is 5.14. The summed E-state index contributed by atoms with van der Waals surface area (Å²) in [5.74, 6) is -2.56. The highest BCUT2D eigenvalue weighted by Crippen LogP contribution is 2.53. The van der Waals surface area contributed by atoms with E-state index >= 15 is 0 Å². The van der Waals surface area contributed by atoms with Crippen molar-refractivity contribution < 1.29 is 29.0 Å². The van der Waals surface area contributed by atoms with Crippen LogP contribution in [0.1, 0.15) is 45.4 Å². The van der Waals surface area contributed by atoms with E-state index in [-0.39, 0.29) is 6.42 Å². The lowest BCUT2D eigenvalue weighted by atomic mass is 9.56. The van der Waals surface area contributed by atoms with Crippen molar-refractivity contribution in [3.8, 4) is 0 Å². The number of carboxylic acids is 1. The molecular weight excluding hydrogens is 264 g/mol. The summed E-state index contributed by atoms with van der Waals surface area (Å²) in [5.41, 5.74) is -2.69. The Labute approximate surface area is 118 Å². The van der Waals surface area contributed by atoms with Crippen molar-refractivity contribution in [1.82, 2.24) is 0 Å². The van der Waals surface area contributed by atoms with Crippen LogP contribution in [0.25, 0.3) is 0 Å². The van der Waals surface area contributed by atoms with Crippen molar-refractivity contribution in [3.63, 3.8) is 0 Å². The van der Waals surface area contributed by atoms with Gasteiger partial charge in [-0.2, -0.15) is 0 Å². The molecule has 6 heteroatoms. The van der Waals surface area contributed by atoms with Crippen molar-refractivity contribution in [1.29, 1.82) is 0 Å². The van der Waals surface area contributed by atoms with Crippen LogP contribution < -0.4 is 0 Å². The normalized spacial score (nSPS) is 20.6. The summed E-state index contributed by atoms with van der Waals surface area (Å²) in [6.45, 7) is 1.36. The lowest BCUT2D eigenvalue weighted by Gasteiger charge is -2.45. The van der Waals surface area contributed by atoms with E-state index in [9.17, 15) is 19.5 Å². The molecule has 0 amide bonds. The fourth-order valence-electron chi connectivity index (χ4n) is 3.17. The number of carboxylic acid groups (broad SMARTS) is 1. The lowest BCUT2D eigenvalue weighted by Crippen LogP contribution is -2.53. The number of hydrogen-bond donors (Lipinski definition) is 1. The molecule has 0 aromatic heterocycles. The zero-order chi connectivity index (χ0) is 15.4. The molecular formula is C14H22O6. The van der Waals surface area contributed by atoms with Crippen molar-refractivity contribution in [2.75, 3.05) is 14.2 Å². The van der Waals surface area contributed by atoms with Crippen LogP contribution in [0.2, 0.25) is 0 Å². The molecule has 0 aromatic rings. The van der Waals surface area contributed by atoms with Gasteiger partial charge in [0.05, 0.1) is 20.6 Å². The molecule has 1 unspecified atom stereocenters. The molecule has 0 radical (unpaired) electrons. The van der Waals surface area contributed by atoms with Crippen molar-refractivity contribution in [3.05, 3.63) is 0 Å². The van der Waals surface area contributed by atoms with Crippen molar-refractivity contribution in [2.24, 2.45) is 10.8 Å². The zero-order valence-electron chi connectivity index (χ0n) is 12.2. The molecule has 1 atom stereocenters. The Morgan fingerprint density at radius 2 is 1.65 bits per heavy atom. The van der Waals surface area contributed by atoms with E-state index in [0.717, 1.165) is 26.4 Å². The molecule has 0 spiro atoms. The molecule has 0 saturated heterocycles. The molecule has 0 bridgehead atoms. The molecule has 0 heterocycles. The number of methoxy groups -OCH3 is 2. The minimum atomic E-state index is -1.74. The molecule has 6 nitrogen and oxygen atoms in total. The molecule has 1 rings (SSSR count). The fraction of sp³-hybridized carbons (Fsp3) is 0.786. The summed E-state index contributed by atoms with van der Waals surface area (Å²) in [4.78, 5) is 35.5.